The number of thiazole rings is 2. The van der Waals surface area contributed by atoms with E-state index in [0.29, 0.717) is 5.84 Å². The zero-order valence-electron chi connectivity index (χ0n) is 9.81. The maximum absolute atomic E-state index is 5.75. The lowest BCUT2D eigenvalue weighted by atomic mass is 10.3. The minimum atomic E-state index is 0.466. The van der Waals surface area contributed by atoms with E-state index in [4.69, 9.17) is 5.73 Å². The van der Waals surface area contributed by atoms with E-state index < -0.39 is 0 Å². The van der Waals surface area contributed by atoms with Crippen molar-refractivity contribution in [2.45, 2.75) is 6.92 Å². The van der Waals surface area contributed by atoms with Crippen molar-refractivity contribution in [1.29, 1.82) is 0 Å². The molecule has 0 aliphatic rings. The Balaban J connectivity index is 2.42. The number of amidine groups is 1. The van der Waals surface area contributed by atoms with Crippen molar-refractivity contribution >= 4 is 33.6 Å². The molecule has 0 aliphatic carbocycles. The Morgan fingerprint density at radius 1 is 1.47 bits per heavy atom. The smallest absolute Gasteiger partial charge is 0.182 e. The summed E-state index contributed by atoms with van der Waals surface area (Å²) in [5.41, 5.74) is 7.62. The van der Waals surface area contributed by atoms with E-state index in [1.165, 1.54) is 11.3 Å². The highest BCUT2D eigenvalue weighted by Crippen LogP contribution is 2.32. The van der Waals surface area contributed by atoms with E-state index in [0.717, 1.165) is 26.4 Å². The Bertz CT molecular complexity index is 555. The molecule has 2 rings (SSSR count). The first kappa shape index (κ1) is 12.0. The summed E-state index contributed by atoms with van der Waals surface area (Å²) in [6.45, 7) is 1.96. The van der Waals surface area contributed by atoms with E-state index in [9.17, 15) is 0 Å². The van der Waals surface area contributed by atoms with Crippen molar-refractivity contribution in [1.82, 2.24) is 9.97 Å². The maximum atomic E-state index is 5.75. The molecule has 3 N–H and O–H groups in total. The van der Waals surface area contributed by atoms with E-state index in [1.54, 1.807) is 18.4 Å². The molecule has 0 atom stereocenters. The SMILES string of the molecule is CN=C(N)c1nc(C)c(-c2csc(NC)n2)s1. The summed E-state index contributed by atoms with van der Waals surface area (Å²) in [5, 5.41) is 6.67. The summed E-state index contributed by atoms with van der Waals surface area (Å²) in [6.07, 6.45) is 0. The Morgan fingerprint density at radius 3 is 2.82 bits per heavy atom. The fourth-order valence-corrected chi connectivity index (χ4v) is 3.04. The quantitative estimate of drug-likeness (QED) is 0.658. The first-order valence-electron chi connectivity index (χ1n) is 4.99. The average molecular weight is 267 g/mol. The van der Waals surface area contributed by atoms with Gasteiger partial charge in [0.1, 0.15) is 0 Å². The molecule has 2 aromatic rings. The van der Waals surface area contributed by atoms with Gasteiger partial charge in [-0.05, 0) is 6.92 Å². The third-order valence-corrected chi connectivity index (χ3v) is 4.27. The lowest BCUT2D eigenvalue weighted by molar-refractivity contribution is 1.23. The number of anilines is 1. The molecule has 5 nitrogen and oxygen atoms in total. The van der Waals surface area contributed by atoms with Gasteiger partial charge in [-0.15, -0.1) is 22.7 Å². The molecule has 0 unspecified atom stereocenters. The van der Waals surface area contributed by atoms with Crippen LogP contribution in [0, 0.1) is 6.92 Å². The van der Waals surface area contributed by atoms with Crippen molar-refractivity contribution < 1.29 is 0 Å². The third kappa shape index (κ3) is 2.29. The highest BCUT2D eigenvalue weighted by molar-refractivity contribution is 7.18. The molecule has 0 aromatic carbocycles. The van der Waals surface area contributed by atoms with Crippen molar-refractivity contribution in [2.75, 3.05) is 19.4 Å². The largest absolute Gasteiger partial charge is 0.382 e. The zero-order chi connectivity index (χ0) is 12.4. The van der Waals surface area contributed by atoms with Gasteiger partial charge in [0.15, 0.2) is 16.0 Å². The second-order valence-electron chi connectivity index (χ2n) is 3.33. The van der Waals surface area contributed by atoms with E-state index in [2.05, 4.69) is 20.3 Å². The van der Waals surface area contributed by atoms with Gasteiger partial charge >= 0.3 is 0 Å². The fourth-order valence-electron chi connectivity index (χ4n) is 1.33. The minimum absolute atomic E-state index is 0.466. The van der Waals surface area contributed by atoms with Gasteiger partial charge in [0.25, 0.3) is 0 Å². The number of aryl methyl sites for hydroxylation is 1. The number of nitrogens with two attached hydrogens (primary N) is 1. The Kier molecular flexibility index (Phi) is 3.39. The minimum Gasteiger partial charge on any atom is -0.382 e. The first-order valence-corrected chi connectivity index (χ1v) is 6.69. The van der Waals surface area contributed by atoms with Crippen LogP contribution in [0.2, 0.25) is 0 Å². The summed E-state index contributed by atoms with van der Waals surface area (Å²) in [4.78, 5) is 13.8. The predicted octanol–water partition coefficient (Wildman–Crippen LogP) is 1.95. The molecule has 17 heavy (non-hydrogen) atoms. The molecule has 0 amide bonds. The molecule has 0 spiro atoms. The number of rotatable bonds is 3. The molecule has 0 bridgehead atoms. The van der Waals surface area contributed by atoms with Gasteiger partial charge in [-0.2, -0.15) is 0 Å². The Hall–Kier alpha value is -1.47. The lowest BCUT2D eigenvalue weighted by Gasteiger charge is -1.91. The first-order chi connectivity index (χ1) is 8.15. The topological polar surface area (TPSA) is 76.2 Å². The van der Waals surface area contributed by atoms with Crippen LogP contribution >= 0.6 is 22.7 Å². The second-order valence-corrected chi connectivity index (χ2v) is 5.19. The van der Waals surface area contributed by atoms with Crippen LogP contribution in [-0.4, -0.2) is 29.9 Å². The fraction of sp³-hybridized carbons (Fsp3) is 0.300. The highest BCUT2D eigenvalue weighted by Gasteiger charge is 2.14. The van der Waals surface area contributed by atoms with Crippen LogP contribution in [0.15, 0.2) is 10.4 Å². The van der Waals surface area contributed by atoms with E-state index in [1.807, 2.05) is 19.4 Å². The van der Waals surface area contributed by atoms with Gasteiger partial charge in [0.2, 0.25) is 0 Å². The highest BCUT2D eigenvalue weighted by atomic mass is 32.1. The van der Waals surface area contributed by atoms with Crippen LogP contribution in [0.5, 0.6) is 0 Å². The number of hydrogen-bond acceptors (Lipinski definition) is 6. The van der Waals surface area contributed by atoms with Crippen LogP contribution in [0.3, 0.4) is 0 Å². The molecule has 2 aromatic heterocycles. The van der Waals surface area contributed by atoms with E-state index >= 15 is 0 Å². The van der Waals surface area contributed by atoms with E-state index in [-0.39, 0.29) is 0 Å². The normalized spacial score (nSPS) is 11.8. The van der Waals surface area contributed by atoms with Gasteiger partial charge in [0, 0.05) is 19.5 Å². The van der Waals surface area contributed by atoms with Gasteiger partial charge < -0.3 is 11.1 Å². The molecule has 0 radical (unpaired) electrons. The number of hydrogen-bond donors (Lipinski definition) is 2. The molecule has 2 heterocycles. The summed E-state index contributed by atoms with van der Waals surface area (Å²) < 4.78 is 0. The number of aromatic nitrogens is 2. The molecule has 0 saturated carbocycles. The standard InChI is InChI=1S/C10H13N5S2/c1-5-7(6-4-16-10(13-3)15-6)17-9(14-5)8(11)12-2/h4H,1-3H3,(H2,11,12)(H,13,15). The summed E-state index contributed by atoms with van der Waals surface area (Å²) in [5.74, 6) is 0.466. The maximum Gasteiger partial charge on any atom is 0.182 e. The van der Waals surface area contributed by atoms with Crippen LogP contribution in [0.1, 0.15) is 10.7 Å². The number of aliphatic imine (C=N–C) groups is 1. The number of nitrogens with zero attached hydrogens (tertiary/aromatic N) is 3. The molecule has 7 heteroatoms. The van der Waals surface area contributed by atoms with Crippen molar-refractivity contribution in [2.24, 2.45) is 10.7 Å². The van der Waals surface area contributed by atoms with Crippen LogP contribution in [0.25, 0.3) is 10.6 Å². The van der Waals surface area contributed by atoms with Crippen molar-refractivity contribution in [3.63, 3.8) is 0 Å². The molecule has 0 fully saturated rings. The van der Waals surface area contributed by atoms with Gasteiger partial charge in [-0.3, -0.25) is 4.99 Å². The van der Waals surface area contributed by atoms with Crippen molar-refractivity contribution in [3.8, 4) is 10.6 Å². The molecular formula is C10H13N5S2. The average Bonchev–Trinajstić information content (AvgIpc) is 2.93. The molecular weight excluding hydrogens is 254 g/mol. The predicted molar refractivity (Wildman–Crippen MR) is 74.2 cm³/mol. The van der Waals surface area contributed by atoms with Gasteiger partial charge in [-0.25, -0.2) is 9.97 Å². The molecule has 0 aliphatic heterocycles. The summed E-state index contributed by atoms with van der Waals surface area (Å²) in [7, 11) is 3.52. The Morgan fingerprint density at radius 2 is 2.24 bits per heavy atom. The van der Waals surface area contributed by atoms with Crippen LogP contribution in [-0.2, 0) is 0 Å². The monoisotopic (exact) mass is 267 g/mol. The number of nitrogens with one attached hydrogen (secondary N) is 1. The van der Waals surface area contributed by atoms with Crippen LogP contribution < -0.4 is 11.1 Å². The van der Waals surface area contributed by atoms with Gasteiger partial charge in [-0.1, -0.05) is 0 Å². The molecule has 90 valence electrons. The van der Waals surface area contributed by atoms with Gasteiger partial charge in [0.05, 0.1) is 16.3 Å². The molecule has 0 saturated heterocycles. The lowest BCUT2D eigenvalue weighted by Crippen LogP contribution is -2.12. The summed E-state index contributed by atoms with van der Waals surface area (Å²) in [6, 6.07) is 0. The summed E-state index contributed by atoms with van der Waals surface area (Å²) >= 11 is 3.09. The Labute approximate surface area is 107 Å². The van der Waals surface area contributed by atoms with Crippen molar-refractivity contribution in [3.05, 3.63) is 16.1 Å². The zero-order valence-corrected chi connectivity index (χ0v) is 11.4. The third-order valence-electron chi connectivity index (χ3n) is 2.21. The van der Waals surface area contributed by atoms with Crippen LogP contribution in [0.4, 0.5) is 5.13 Å². The second kappa shape index (κ2) is 4.80.